The number of amides is 1. The summed E-state index contributed by atoms with van der Waals surface area (Å²) >= 11 is 3.41. The van der Waals surface area contributed by atoms with Crippen molar-refractivity contribution in [2.24, 2.45) is 0 Å². The van der Waals surface area contributed by atoms with E-state index >= 15 is 0 Å². The Morgan fingerprint density at radius 2 is 2.30 bits per heavy atom. The van der Waals surface area contributed by atoms with E-state index in [2.05, 4.69) is 15.9 Å². The summed E-state index contributed by atoms with van der Waals surface area (Å²) in [6.07, 6.45) is 4.04. The first kappa shape index (κ1) is 15.0. The number of carbonyl (C=O) groups is 1. The summed E-state index contributed by atoms with van der Waals surface area (Å²) < 4.78 is 0. The lowest BCUT2D eigenvalue weighted by atomic mass is 10.1. The molecule has 0 spiro atoms. The molecule has 6 heteroatoms. The summed E-state index contributed by atoms with van der Waals surface area (Å²) in [7, 11) is 0. The van der Waals surface area contributed by atoms with Crippen LogP contribution in [-0.4, -0.2) is 33.6 Å². The number of carbonyl (C=O) groups excluding carboxylic acids is 1. The molecule has 1 unspecified atom stereocenters. The molecule has 1 atom stereocenters. The van der Waals surface area contributed by atoms with Crippen LogP contribution in [0.1, 0.15) is 36.0 Å². The van der Waals surface area contributed by atoms with Crippen LogP contribution < -0.4 is 0 Å². The third-order valence-electron chi connectivity index (χ3n) is 3.61. The summed E-state index contributed by atoms with van der Waals surface area (Å²) in [5.74, 6) is -0.0919. The summed E-state index contributed by atoms with van der Waals surface area (Å²) in [5, 5.41) is 11.7. The van der Waals surface area contributed by atoms with Crippen molar-refractivity contribution in [1.29, 1.82) is 0 Å². The smallest absolute Gasteiger partial charge is 0.270 e. The van der Waals surface area contributed by atoms with Gasteiger partial charge in [0.05, 0.1) is 4.92 Å². The quantitative estimate of drug-likeness (QED) is 0.469. The Hall–Kier alpha value is -1.43. The minimum absolute atomic E-state index is 0.0351. The summed E-state index contributed by atoms with van der Waals surface area (Å²) in [6, 6.07) is 6.24. The molecular weight excluding hydrogens is 324 g/mol. The molecule has 1 amide bonds. The molecule has 0 aliphatic carbocycles. The standard InChI is InChI=1S/C14H17BrN2O3/c15-8-2-6-12-7-3-9-16(12)14(18)11-4-1-5-13(10-11)17(19)20/h1,4-5,10,12H,2-3,6-9H2. The molecule has 1 aromatic rings. The van der Waals surface area contributed by atoms with E-state index in [1.165, 1.54) is 12.1 Å². The van der Waals surface area contributed by atoms with Gasteiger partial charge in [0, 0.05) is 35.6 Å². The lowest BCUT2D eigenvalue weighted by Gasteiger charge is -2.24. The van der Waals surface area contributed by atoms with E-state index in [0.29, 0.717) is 5.56 Å². The Kier molecular flexibility index (Phi) is 5.11. The van der Waals surface area contributed by atoms with Gasteiger partial charge < -0.3 is 4.90 Å². The first-order chi connectivity index (χ1) is 9.63. The van der Waals surface area contributed by atoms with Gasteiger partial charge in [0.25, 0.3) is 11.6 Å². The van der Waals surface area contributed by atoms with Crippen LogP contribution in [0.4, 0.5) is 5.69 Å². The second-order valence-electron chi connectivity index (χ2n) is 4.93. The van der Waals surface area contributed by atoms with Gasteiger partial charge in [-0.3, -0.25) is 14.9 Å². The Labute approximate surface area is 126 Å². The van der Waals surface area contributed by atoms with E-state index < -0.39 is 4.92 Å². The number of nitro benzene ring substituents is 1. The lowest BCUT2D eigenvalue weighted by Crippen LogP contribution is -2.35. The largest absolute Gasteiger partial charge is 0.336 e. The summed E-state index contributed by atoms with van der Waals surface area (Å²) in [5.41, 5.74) is 0.372. The van der Waals surface area contributed by atoms with Crippen LogP contribution in [0.2, 0.25) is 0 Å². The van der Waals surface area contributed by atoms with Crippen LogP contribution >= 0.6 is 15.9 Å². The molecule has 1 heterocycles. The van der Waals surface area contributed by atoms with E-state index in [1.807, 2.05) is 4.90 Å². The fourth-order valence-electron chi connectivity index (χ4n) is 2.63. The zero-order valence-corrected chi connectivity index (χ0v) is 12.7. The van der Waals surface area contributed by atoms with Gasteiger partial charge in [0.15, 0.2) is 0 Å². The van der Waals surface area contributed by atoms with Crippen LogP contribution in [0.3, 0.4) is 0 Å². The number of nitrogens with zero attached hydrogens (tertiary/aromatic N) is 2. The number of hydrogen-bond donors (Lipinski definition) is 0. The number of hydrogen-bond acceptors (Lipinski definition) is 3. The average Bonchev–Trinajstić information content (AvgIpc) is 2.92. The Morgan fingerprint density at radius 3 is 3.00 bits per heavy atom. The van der Waals surface area contributed by atoms with Crippen molar-refractivity contribution in [2.75, 3.05) is 11.9 Å². The molecule has 1 fully saturated rings. The van der Waals surface area contributed by atoms with Crippen LogP contribution in [0.15, 0.2) is 24.3 Å². The Morgan fingerprint density at radius 1 is 1.50 bits per heavy atom. The maximum absolute atomic E-state index is 12.5. The first-order valence-corrected chi connectivity index (χ1v) is 7.87. The predicted octanol–water partition coefficient (Wildman–Crippen LogP) is 3.37. The van der Waals surface area contributed by atoms with E-state index in [9.17, 15) is 14.9 Å². The second kappa shape index (κ2) is 6.83. The van der Waals surface area contributed by atoms with Gasteiger partial charge in [-0.05, 0) is 31.7 Å². The summed E-state index contributed by atoms with van der Waals surface area (Å²) in [4.78, 5) is 24.7. The Bertz CT molecular complexity index is 507. The van der Waals surface area contributed by atoms with Crippen molar-refractivity contribution >= 4 is 27.5 Å². The average molecular weight is 341 g/mol. The van der Waals surface area contributed by atoms with Gasteiger partial charge in [-0.1, -0.05) is 22.0 Å². The molecule has 108 valence electrons. The molecule has 0 bridgehead atoms. The highest BCUT2D eigenvalue weighted by atomic mass is 79.9. The van der Waals surface area contributed by atoms with Gasteiger partial charge in [0.1, 0.15) is 0 Å². The molecule has 1 aliphatic heterocycles. The maximum atomic E-state index is 12.5. The minimum atomic E-state index is -0.469. The van der Waals surface area contributed by atoms with Crippen molar-refractivity contribution in [3.05, 3.63) is 39.9 Å². The molecule has 2 rings (SSSR count). The van der Waals surface area contributed by atoms with Gasteiger partial charge in [-0.25, -0.2) is 0 Å². The molecule has 0 radical (unpaired) electrons. The van der Waals surface area contributed by atoms with Crippen LogP contribution in [0, 0.1) is 10.1 Å². The Balaban J connectivity index is 2.13. The number of halogens is 1. The highest BCUT2D eigenvalue weighted by molar-refractivity contribution is 9.09. The highest BCUT2D eigenvalue weighted by Crippen LogP contribution is 2.25. The van der Waals surface area contributed by atoms with E-state index in [1.54, 1.807) is 12.1 Å². The van der Waals surface area contributed by atoms with Crippen LogP contribution in [-0.2, 0) is 0 Å². The number of rotatable bonds is 5. The highest BCUT2D eigenvalue weighted by Gasteiger charge is 2.29. The van der Waals surface area contributed by atoms with Crippen molar-refractivity contribution < 1.29 is 9.72 Å². The fourth-order valence-corrected chi connectivity index (χ4v) is 2.96. The molecule has 5 nitrogen and oxygen atoms in total. The van der Waals surface area contributed by atoms with Gasteiger partial charge in [-0.2, -0.15) is 0 Å². The predicted molar refractivity (Wildman–Crippen MR) is 80.2 cm³/mol. The van der Waals surface area contributed by atoms with Crippen LogP contribution in [0.5, 0.6) is 0 Å². The number of nitro groups is 1. The molecule has 0 saturated carbocycles. The van der Waals surface area contributed by atoms with Gasteiger partial charge in [-0.15, -0.1) is 0 Å². The first-order valence-electron chi connectivity index (χ1n) is 6.75. The van der Waals surface area contributed by atoms with Gasteiger partial charge >= 0.3 is 0 Å². The molecule has 1 saturated heterocycles. The number of alkyl halides is 1. The second-order valence-corrected chi connectivity index (χ2v) is 5.73. The van der Waals surface area contributed by atoms with Crippen molar-refractivity contribution in [3.63, 3.8) is 0 Å². The normalized spacial score (nSPS) is 18.2. The molecular formula is C14H17BrN2O3. The number of benzene rings is 1. The molecule has 20 heavy (non-hydrogen) atoms. The SMILES string of the molecule is O=C(c1cccc([N+](=O)[O-])c1)N1CCCC1CCCBr. The number of non-ortho nitro benzene ring substituents is 1. The van der Waals surface area contributed by atoms with Crippen molar-refractivity contribution in [1.82, 2.24) is 4.90 Å². The van der Waals surface area contributed by atoms with E-state index in [4.69, 9.17) is 0 Å². The number of likely N-dealkylation sites (tertiary alicyclic amines) is 1. The third kappa shape index (κ3) is 3.36. The zero-order chi connectivity index (χ0) is 14.5. The topological polar surface area (TPSA) is 63.4 Å². The third-order valence-corrected chi connectivity index (χ3v) is 4.17. The zero-order valence-electron chi connectivity index (χ0n) is 11.1. The lowest BCUT2D eigenvalue weighted by molar-refractivity contribution is -0.384. The fraction of sp³-hybridized carbons (Fsp3) is 0.500. The monoisotopic (exact) mass is 340 g/mol. The van der Waals surface area contributed by atoms with E-state index in [0.717, 1.165) is 37.6 Å². The van der Waals surface area contributed by atoms with Crippen molar-refractivity contribution in [3.8, 4) is 0 Å². The molecule has 0 aromatic heterocycles. The van der Waals surface area contributed by atoms with Crippen LogP contribution in [0.25, 0.3) is 0 Å². The minimum Gasteiger partial charge on any atom is -0.336 e. The maximum Gasteiger partial charge on any atom is 0.270 e. The molecule has 1 aromatic carbocycles. The molecule has 0 N–H and O–H groups in total. The van der Waals surface area contributed by atoms with Gasteiger partial charge in [0.2, 0.25) is 0 Å². The van der Waals surface area contributed by atoms with Crippen molar-refractivity contribution in [2.45, 2.75) is 31.7 Å². The summed E-state index contributed by atoms with van der Waals surface area (Å²) in [6.45, 7) is 0.745. The molecule has 1 aliphatic rings. The van der Waals surface area contributed by atoms with E-state index in [-0.39, 0.29) is 17.6 Å².